The van der Waals surface area contributed by atoms with E-state index in [1.54, 1.807) is 25.3 Å². The van der Waals surface area contributed by atoms with Crippen molar-refractivity contribution in [1.82, 2.24) is 10.2 Å². The van der Waals surface area contributed by atoms with E-state index in [0.717, 1.165) is 47.8 Å². The van der Waals surface area contributed by atoms with Gasteiger partial charge in [-0.3, -0.25) is 0 Å². The number of methoxy groups -OCH3 is 1. The standard InChI is InChI=1S/C25H24N6O2/c1-33-23-7-3-16(8-17(23)13-27)14-28-24-22-9-15(12-26)2-6-21(22)25(30-29-24)31-18-4-5-19(31)11-20(32)10-18/h2-3,6-9,18-20,32H,4-5,10-11,14H2,1H3,(H,28,29). The van der Waals surface area contributed by atoms with Crippen LogP contribution in [-0.2, 0) is 6.54 Å². The first-order chi connectivity index (χ1) is 16.1. The van der Waals surface area contributed by atoms with Crippen LogP contribution in [0.5, 0.6) is 5.75 Å². The SMILES string of the molecule is COc1ccc(CNc2nnc(N3C4CCC3CC(O)C4)c3ccc(C#N)cc23)cc1C#N. The molecule has 3 aromatic rings. The molecule has 166 valence electrons. The molecule has 2 unspecified atom stereocenters. The van der Waals surface area contributed by atoms with Gasteiger partial charge in [0.05, 0.1) is 30.4 Å². The van der Waals surface area contributed by atoms with Gasteiger partial charge in [0, 0.05) is 29.4 Å². The maximum atomic E-state index is 10.2. The number of nitrogens with zero attached hydrogens (tertiary/aromatic N) is 5. The Bertz CT molecular complexity index is 1280. The van der Waals surface area contributed by atoms with Crippen molar-refractivity contribution in [3.8, 4) is 17.9 Å². The van der Waals surface area contributed by atoms with Crippen LogP contribution in [0.4, 0.5) is 11.6 Å². The molecule has 2 atom stereocenters. The number of aliphatic hydroxyl groups excluding tert-OH is 1. The van der Waals surface area contributed by atoms with Crippen molar-refractivity contribution in [1.29, 1.82) is 10.5 Å². The normalized spacial score (nSPS) is 21.5. The molecule has 1 aromatic heterocycles. The zero-order valence-electron chi connectivity index (χ0n) is 18.3. The largest absolute Gasteiger partial charge is 0.495 e. The third-order valence-electron chi connectivity index (χ3n) is 6.69. The minimum atomic E-state index is -0.257. The van der Waals surface area contributed by atoms with Crippen molar-refractivity contribution < 1.29 is 9.84 Å². The van der Waals surface area contributed by atoms with Crippen LogP contribution in [0, 0.1) is 22.7 Å². The number of piperidine rings is 1. The number of nitrogens with one attached hydrogen (secondary N) is 1. The molecule has 33 heavy (non-hydrogen) atoms. The molecule has 5 rings (SSSR count). The second-order valence-corrected chi connectivity index (χ2v) is 8.66. The average molecular weight is 441 g/mol. The van der Waals surface area contributed by atoms with Crippen LogP contribution in [0.3, 0.4) is 0 Å². The number of benzene rings is 2. The molecule has 2 aliphatic rings. The molecule has 0 amide bonds. The quantitative estimate of drug-likeness (QED) is 0.619. The lowest BCUT2D eigenvalue weighted by atomic mass is 9.99. The molecule has 3 heterocycles. The molecule has 8 nitrogen and oxygen atoms in total. The molecule has 0 saturated carbocycles. The molecule has 2 saturated heterocycles. The summed E-state index contributed by atoms with van der Waals surface area (Å²) >= 11 is 0. The second kappa shape index (κ2) is 8.57. The van der Waals surface area contributed by atoms with Crippen molar-refractivity contribution in [2.24, 2.45) is 0 Å². The van der Waals surface area contributed by atoms with Crippen molar-refractivity contribution in [3.05, 3.63) is 53.1 Å². The van der Waals surface area contributed by atoms with Gasteiger partial charge in [0.25, 0.3) is 0 Å². The van der Waals surface area contributed by atoms with E-state index in [4.69, 9.17) is 4.74 Å². The molecule has 8 heteroatoms. The molecule has 2 aromatic carbocycles. The van der Waals surface area contributed by atoms with Crippen LogP contribution >= 0.6 is 0 Å². The average Bonchev–Trinajstić information content (AvgIpc) is 3.11. The monoisotopic (exact) mass is 440 g/mol. The first-order valence-electron chi connectivity index (χ1n) is 11.1. The Morgan fingerprint density at radius 2 is 1.85 bits per heavy atom. The lowest BCUT2D eigenvalue weighted by molar-refractivity contribution is 0.126. The van der Waals surface area contributed by atoms with Crippen molar-refractivity contribution in [2.45, 2.75) is 50.4 Å². The van der Waals surface area contributed by atoms with Gasteiger partial charge in [-0.15, -0.1) is 10.2 Å². The molecular formula is C25H24N6O2. The first kappa shape index (κ1) is 21.0. The number of aliphatic hydroxyl groups is 1. The van der Waals surface area contributed by atoms with E-state index in [9.17, 15) is 15.6 Å². The topological polar surface area (TPSA) is 118 Å². The Kier molecular flexibility index (Phi) is 5.45. The molecule has 2 fully saturated rings. The number of hydrogen-bond donors (Lipinski definition) is 2. The fourth-order valence-electron chi connectivity index (χ4n) is 5.16. The van der Waals surface area contributed by atoms with E-state index in [0.29, 0.717) is 29.2 Å². The minimum Gasteiger partial charge on any atom is -0.495 e. The minimum absolute atomic E-state index is 0.257. The van der Waals surface area contributed by atoms with Gasteiger partial charge in [-0.2, -0.15) is 10.5 Å². The Labute approximate surface area is 192 Å². The van der Waals surface area contributed by atoms with Gasteiger partial charge in [0.15, 0.2) is 11.6 Å². The van der Waals surface area contributed by atoms with Gasteiger partial charge in [0.1, 0.15) is 11.8 Å². The van der Waals surface area contributed by atoms with E-state index in [-0.39, 0.29) is 18.2 Å². The van der Waals surface area contributed by atoms with E-state index >= 15 is 0 Å². The highest BCUT2D eigenvalue weighted by molar-refractivity contribution is 5.99. The lowest BCUT2D eigenvalue weighted by Crippen LogP contribution is -2.45. The maximum Gasteiger partial charge on any atom is 0.159 e. The van der Waals surface area contributed by atoms with Crippen LogP contribution in [0.1, 0.15) is 42.4 Å². The Morgan fingerprint density at radius 3 is 2.55 bits per heavy atom. The Balaban J connectivity index is 1.50. The number of aromatic nitrogens is 2. The van der Waals surface area contributed by atoms with Crippen LogP contribution in [-0.4, -0.2) is 40.6 Å². The highest BCUT2D eigenvalue weighted by Crippen LogP contribution is 2.41. The second-order valence-electron chi connectivity index (χ2n) is 8.66. The molecular weight excluding hydrogens is 416 g/mol. The number of hydrogen-bond acceptors (Lipinski definition) is 8. The summed E-state index contributed by atoms with van der Waals surface area (Å²) < 4.78 is 5.22. The van der Waals surface area contributed by atoms with E-state index in [1.807, 2.05) is 18.2 Å². The number of rotatable bonds is 5. The fraction of sp³-hybridized carbons (Fsp3) is 0.360. The molecule has 2 bridgehead atoms. The van der Waals surface area contributed by atoms with Gasteiger partial charge in [0.2, 0.25) is 0 Å². The summed E-state index contributed by atoms with van der Waals surface area (Å²) in [5.74, 6) is 1.94. The van der Waals surface area contributed by atoms with E-state index in [2.05, 4.69) is 32.6 Å². The zero-order valence-corrected chi connectivity index (χ0v) is 18.3. The van der Waals surface area contributed by atoms with Gasteiger partial charge in [-0.05, 0) is 61.6 Å². The smallest absolute Gasteiger partial charge is 0.159 e. The predicted molar refractivity (Wildman–Crippen MR) is 124 cm³/mol. The summed E-state index contributed by atoms with van der Waals surface area (Å²) in [6.45, 7) is 0.444. The summed E-state index contributed by atoms with van der Waals surface area (Å²) in [5, 5.41) is 43.2. The summed E-state index contributed by atoms with van der Waals surface area (Å²) in [6.07, 6.45) is 3.31. The lowest BCUT2D eigenvalue weighted by Gasteiger charge is -2.38. The molecule has 0 radical (unpaired) electrons. The third-order valence-corrected chi connectivity index (χ3v) is 6.69. The molecule has 2 N–H and O–H groups in total. The van der Waals surface area contributed by atoms with Crippen LogP contribution < -0.4 is 15.0 Å². The van der Waals surface area contributed by atoms with Gasteiger partial charge in [-0.1, -0.05) is 6.07 Å². The molecule has 2 aliphatic heterocycles. The Morgan fingerprint density at radius 1 is 1.06 bits per heavy atom. The number of anilines is 2. The predicted octanol–water partition coefficient (Wildman–Crippen LogP) is 3.49. The summed E-state index contributed by atoms with van der Waals surface area (Å²) in [5.41, 5.74) is 1.93. The number of nitriles is 2. The third kappa shape index (κ3) is 3.79. The highest BCUT2D eigenvalue weighted by Gasteiger charge is 2.41. The van der Waals surface area contributed by atoms with Crippen LogP contribution in [0.15, 0.2) is 36.4 Å². The fourth-order valence-corrected chi connectivity index (χ4v) is 5.16. The van der Waals surface area contributed by atoms with Crippen molar-refractivity contribution >= 4 is 22.4 Å². The van der Waals surface area contributed by atoms with Crippen molar-refractivity contribution in [2.75, 3.05) is 17.3 Å². The first-order valence-corrected chi connectivity index (χ1v) is 11.1. The van der Waals surface area contributed by atoms with Gasteiger partial charge < -0.3 is 20.1 Å². The number of fused-ring (bicyclic) bond motifs is 3. The van der Waals surface area contributed by atoms with E-state index in [1.165, 1.54) is 0 Å². The van der Waals surface area contributed by atoms with Gasteiger partial charge >= 0.3 is 0 Å². The maximum absolute atomic E-state index is 10.2. The highest BCUT2D eigenvalue weighted by atomic mass is 16.5. The van der Waals surface area contributed by atoms with Gasteiger partial charge in [-0.25, -0.2) is 0 Å². The van der Waals surface area contributed by atoms with Crippen LogP contribution in [0.2, 0.25) is 0 Å². The molecule has 0 spiro atoms. The summed E-state index contributed by atoms with van der Waals surface area (Å²) in [6, 6.07) is 15.9. The Hall–Kier alpha value is -3.88. The zero-order chi connectivity index (χ0) is 22.9. The van der Waals surface area contributed by atoms with Crippen molar-refractivity contribution in [3.63, 3.8) is 0 Å². The van der Waals surface area contributed by atoms with Crippen LogP contribution in [0.25, 0.3) is 10.8 Å². The summed E-state index contributed by atoms with van der Waals surface area (Å²) in [7, 11) is 1.54. The molecule has 0 aliphatic carbocycles. The summed E-state index contributed by atoms with van der Waals surface area (Å²) in [4.78, 5) is 2.32. The van der Waals surface area contributed by atoms with E-state index < -0.39 is 0 Å². The number of ether oxygens (including phenoxy) is 1.